The fraction of sp³-hybridized carbons (Fsp3) is 0.750. The highest BCUT2D eigenvalue weighted by Crippen LogP contribution is 2.15. The Morgan fingerprint density at radius 2 is 2.57 bits per heavy atom. The van der Waals surface area contributed by atoms with E-state index in [1.807, 2.05) is 6.92 Å². The average Bonchev–Trinajstić information content (AvgIpc) is 2.63. The van der Waals surface area contributed by atoms with Crippen LogP contribution < -0.4 is 5.32 Å². The van der Waals surface area contributed by atoms with Crippen molar-refractivity contribution in [1.29, 1.82) is 0 Å². The molecule has 0 aromatic carbocycles. The second kappa shape index (κ2) is 4.77. The van der Waals surface area contributed by atoms with Crippen LogP contribution in [0.15, 0.2) is 5.16 Å². The number of aryl methyl sites for hydroxylation is 1. The Morgan fingerprint density at radius 3 is 3.21 bits per heavy atom. The van der Waals surface area contributed by atoms with Crippen molar-refractivity contribution < 1.29 is 4.74 Å². The highest BCUT2D eigenvalue weighted by molar-refractivity contribution is 7.99. The van der Waals surface area contributed by atoms with Crippen LogP contribution in [0.3, 0.4) is 0 Å². The molecule has 2 N–H and O–H groups in total. The molecule has 1 aliphatic rings. The maximum atomic E-state index is 5.56. The molecule has 0 saturated carbocycles. The number of aromatic amines is 1. The minimum atomic E-state index is 0.285. The predicted molar refractivity (Wildman–Crippen MR) is 54.5 cm³/mol. The van der Waals surface area contributed by atoms with E-state index in [0.29, 0.717) is 0 Å². The standard InChI is InChI=1S/C8H14N4OS/c1-6-10-8(12-11-6)14-5-7-4-9-2-3-13-7/h7,9H,2-5H2,1H3,(H,10,11,12). The fourth-order valence-corrected chi connectivity index (χ4v) is 2.14. The summed E-state index contributed by atoms with van der Waals surface area (Å²) in [7, 11) is 0. The van der Waals surface area contributed by atoms with Crippen LogP contribution in [0, 0.1) is 6.92 Å². The van der Waals surface area contributed by atoms with E-state index >= 15 is 0 Å². The van der Waals surface area contributed by atoms with Crippen molar-refractivity contribution in [3.8, 4) is 0 Å². The zero-order valence-electron chi connectivity index (χ0n) is 8.12. The van der Waals surface area contributed by atoms with Crippen LogP contribution in [0.1, 0.15) is 5.82 Å². The molecule has 0 bridgehead atoms. The van der Waals surface area contributed by atoms with Gasteiger partial charge in [0.05, 0.1) is 12.7 Å². The molecule has 1 fully saturated rings. The van der Waals surface area contributed by atoms with Crippen molar-refractivity contribution in [3.63, 3.8) is 0 Å². The summed E-state index contributed by atoms with van der Waals surface area (Å²) in [6, 6.07) is 0. The first-order chi connectivity index (χ1) is 6.84. The second-order valence-electron chi connectivity index (χ2n) is 3.21. The Bertz CT molecular complexity index is 285. The molecule has 1 aliphatic heterocycles. The van der Waals surface area contributed by atoms with Crippen molar-refractivity contribution in [2.45, 2.75) is 18.2 Å². The molecule has 0 spiro atoms. The molecule has 2 heterocycles. The van der Waals surface area contributed by atoms with E-state index < -0.39 is 0 Å². The number of hydrogen-bond acceptors (Lipinski definition) is 5. The number of H-pyrrole nitrogens is 1. The van der Waals surface area contributed by atoms with Crippen molar-refractivity contribution in [2.75, 3.05) is 25.4 Å². The van der Waals surface area contributed by atoms with Crippen LogP contribution in [-0.4, -0.2) is 46.7 Å². The maximum Gasteiger partial charge on any atom is 0.208 e. The molecular weight excluding hydrogens is 200 g/mol. The summed E-state index contributed by atoms with van der Waals surface area (Å²) in [6.07, 6.45) is 0.285. The molecule has 1 saturated heterocycles. The molecule has 1 aromatic heterocycles. The van der Waals surface area contributed by atoms with Gasteiger partial charge in [-0.2, -0.15) is 0 Å². The largest absolute Gasteiger partial charge is 0.375 e. The zero-order valence-corrected chi connectivity index (χ0v) is 8.93. The Labute approximate surface area is 87.0 Å². The summed E-state index contributed by atoms with van der Waals surface area (Å²) < 4.78 is 5.56. The molecule has 0 radical (unpaired) electrons. The van der Waals surface area contributed by atoms with Gasteiger partial charge in [-0.25, -0.2) is 4.98 Å². The molecule has 1 aromatic rings. The summed E-state index contributed by atoms with van der Waals surface area (Å²) in [6.45, 7) is 4.59. The lowest BCUT2D eigenvalue weighted by Crippen LogP contribution is -2.39. The molecule has 78 valence electrons. The van der Waals surface area contributed by atoms with E-state index in [0.717, 1.165) is 36.4 Å². The molecule has 6 heteroatoms. The number of nitrogens with one attached hydrogen (secondary N) is 2. The maximum absolute atomic E-state index is 5.56. The van der Waals surface area contributed by atoms with Crippen molar-refractivity contribution >= 4 is 11.8 Å². The first-order valence-corrected chi connectivity index (χ1v) is 5.67. The zero-order chi connectivity index (χ0) is 9.80. The van der Waals surface area contributed by atoms with Gasteiger partial charge in [0.1, 0.15) is 5.82 Å². The number of nitrogens with zero attached hydrogens (tertiary/aromatic N) is 2. The van der Waals surface area contributed by atoms with Crippen molar-refractivity contribution in [3.05, 3.63) is 5.82 Å². The molecule has 2 rings (SSSR count). The normalized spacial score (nSPS) is 22.5. The molecule has 14 heavy (non-hydrogen) atoms. The minimum absolute atomic E-state index is 0.285. The van der Waals surface area contributed by atoms with E-state index in [1.165, 1.54) is 0 Å². The lowest BCUT2D eigenvalue weighted by atomic mass is 10.3. The predicted octanol–water partition coefficient (Wildman–Crippen LogP) is 0.194. The highest BCUT2D eigenvalue weighted by atomic mass is 32.2. The van der Waals surface area contributed by atoms with Crippen LogP contribution in [0.25, 0.3) is 0 Å². The third-order valence-corrected chi connectivity index (χ3v) is 2.96. The number of ether oxygens (including phenoxy) is 1. The smallest absolute Gasteiger partial charge is 0.208 e. The summed E-state index contributed by atoms with van der Waals surface area (Å²) >= 11 is 1.63. The summed E-state index contributed by atoms with van der Waals surface area (Å²) in [5.74, 6) is 1.76. The van der Waals surface area contributed by atoms with Gasteiger partial charge >= 0.3 is 0 Å². The quantitative estimate of drug-likeness (QED) is 0.703. The van der Waals surface area contributed by atoms with Gasteiger partial charge in [0.2, 0.25) is 5.16 Å². The SMILES string of the molecule is Cc1nc(SCC2CNCCO2)n[nH]1. The van der Waals surface area contributed by atoms with E-state index in [9.17, 15) is 0 Å². The topological polar surface area (TPSA) is 62.8 Å². The Hall–Kier alpha value is -0.590. The summed E-state index contributed by atoms with van der Waals surface area (Å²) in [4.78, 5) is 4.22. The third kappa shape index (κ3) is 2.70. The molecule has 0 aliphatic carbocycles. The van der Waals surface area contributed by atoms with Gasteiger partial charge in [-0.15, -0.1) is 5.10 Å². The molecule has 5 nitrogen and oxygen atoms in total. The molecule has 1 atom stereocenters. The van der Waals surface area contributed by atoms with Crippen molar-refractivity contribution in [1.82, 2.24) is 20.5 Å². The monoisotopic (exact) mass is 214 g/mol. The third-order valence-electron chi connectivity index (χ3n) is 1.98. The first kappa shape index (κ1) is 9.95. The Balaban J connectivity index is 1.76. The highest BCUT2D eigenvalue weighted by Gasteiger charge is 2.14. The summed E-state index contributed by atoms with van der Waals surface area (Å²) in [5.41, 5.74) is 0. The van der Waals surface area contributed by atoms with Crippen LogP contribution >= 0.6 is 11.8 Å². The number of rotatable bonds is 3. The lowest BCUT2D eigenvalue weighted by Gasteiger charge is -2.22. The molecule has 1 unspecified atom stereocenters. The van der Waals surface area contributed by atoms with Gasteiger partial charge in [0.15, 0.2) is 0 Å². The van der Waals surface area contributed by atoms with Gasteiger partial charge < -0.3 is 10.1 Å². The van der Waals surface area contributed by atoms with Gasteiger partial charge in [0, 0.05) is 18.8 Å². The van der Waals surface area contributed by atoms with E-state index in [1.54, 1.807) is 11.8 Å². The Kier molecular flexibility index (Phi) is 3.39. The second-order valence-corrected chi connectivity index (χ2v) is 4.20. The van der Waals surface area contributed by atoms with E-state index in [-0.39, 0.29) is 6.10 Å². The van der Waals surface area contributed by atoms with Gasteiger partial charge in [-0.05, 0) is 6.92 Å². The minimum Gasteiger partial charge on any atom is -0.375 e. The van der Waals surface area contributed by atoms with Crippen LogP contribution in [-0.2, 0) is 4.74 Å². The van der Waals surface area contributed by atoms with Crippen LogP contribution in [0.2, 0.25) is 0 Å². The van der Waals surface area contributed by atoms with Gasteiger partial charge in [0.25, 0.3) is 0 Å². The van der Waals surface area contributed by atoms with E-state index in [2.05, 4.69) is 20.5 Å². The molecule has 0 amide bonds. The first-order valence-electron chi connectivity index (χ1n) is 4.69. The lowest BCUT2D eigenvalue weighted by molar-refractivity contribution is 0.0440. The van der Waals surface area contributed by atoms with Crippen LogP contribution in [0.4, 0.5) is 0 Å². The van der Waals surface area contributed by atoms with Crippen LogP contribution in [0.5, 0.6) is 0 Å². The number of aromatic nitrogens is 3. The van der Waals surface area contributed by atoms with Gasteiger partial charge in [-0.3, -0.25) is 5.10 Å². The number of thioether (sulfide) groups is 1. The van der Waals surface area contributed by atoms with Gasteiger partial charge in [-0.1, -0.05) is 11.8 Å². The Morgan fingerprint density at radius 1 is 1.64 bits per heavy atom. The average molecular weight is 214 g/mol. The fourth-order valence-electron chi connectivity index (χ4n) is 1.28. The van der Waals surface area contributed by atoms with E-state index in [4.69, 9.17) is 4.74 Å². The number of morpholine rings is 1. The molecular formula is C8H14N4OS. The number of hydrogen-bond donors (Lipinski definition) is 2. The van der Waals surface area contributed by atoms with Crippen molar-refractivity contribution in [2.24, 2.45) is 0 Å². The summed E-state index contributed by atoms with van der Waals surface area (Å²) in [5, 5.41) is 11.0.